The average Bonchev–Trinajstić information content (AvgIpc) is 3.15. The third-order valence-corrected chi connectivity index (χ3v) is 5.03. The second-order valence-electron chi connectivity index (χ2n) is 6.46. The molecule has 7 nitrogen and oxygen atoms in total. The molecule has 2 aliphatic heterocycles. The number of amides is 1. The topological polar surface area (TPSA) is 83.9 Å². The van der Waals surface area contributed by atoms with E-state index in [4.69, 9.17) is 0 Å². The van der Waals surface area contributed by atoms with Crippen molar-refractivity contribution < 1.29 is 4.79 Å². The molecule has 2 saturated heterocycles. The highest BCUT2D eigenvalue weighted by atomic mass is 35.5. The van der Waals surface area contributed by atoms with Crippen LogP contribution >= 0.6 is 24.8 Å². The molecule has 1 aromatic heterocycles. The Morgan fingerprint density at radius 2 is 2.17 bits per heavy atom. The first-order valence-electron chi connectivity index (χ1n) is 8.31. The summed E-state index contributed by atoms with van der Waals surface area (Å²) in [6, 6.07) is -0.0397. The maximum absolute atomic E-state index is 12.3. The van der Waals surface area contributed by atoms with Crippen molar-refractivity contribution in [3.8, 4) is 0 Å². The van der Waals surface area contributed by atoms with Gasteiger partial charge in [-0.25, -0.2) is 0 Å². The molecule has 0 aromatic carbocycles. The molecule has 3 N–H and O–H groups in total. The summed E-state index contributed by atoms with van der Waals surface area (Å²) in [6.07, 6.45) is 5.76. The molecule has 0 radical (unpaired) electrons. The second-order valence-corrected chi connectivity index (χ2v) is 6.46. The van der Waals surface area contributed by atoms with E-state index >= 15 is 0 Å². The first-order chi connectivity index (χ1) is 10.7. The van der Waals surface area contributed by atoms with E-state index in [0.717, 1.165) is 44.8 Å². The largest absolute Gasteiger partial charge is 0.354 e. The monoisotopic (exact) mass is 378 g/mol. The Bertz CT molecular complexity index is 518. The van der Waals surface area contributed by atoms with Gasteiger partial charge in [-0.05, 0) is 44.7 Å². The lowest BCUT2D eigenvalue weighted by Crippen LogP contribution is -2.41. The molecule has 2 aliphatic rings. The van der Waals surface area contributed by atoms with Crippen molar-refractivity contribution in [3.05, 3.63) is 12.2 Å². The lowest BCUT2D eigenvalue weighted by molar-refractivity contribution is -0.122. The van der Waals surface area contributed by atoms with E-state index in [0.29, 0.717) is 12.0 Å². The second kappa shape index (κ2) is 9.56. The van der Waals surface area contributed by atoms with Gasteiger partial charge in [-0.3, -0.25) is 4.79 Å². The Labute approximate surface area is 155 Å². The molecule has 9 heteroatoms. The minimum atomic E-state index is -0.0397. The molecule has 1 spiro atoms. The lowest BCUT2D eigenvalue weighted by atomic mass is 9.77. The first kappa shape index (κ1) is 21.2. The van der Waals surface area contributed by atoms with E-state index in [9.17, 15) is 4.79 Å². The molecule has 1 aromatic rings. The van der Waals surface area contributed by atoms with Crippen LogP contribution in [0.25, 0.3) is 0 Å². The van der Waals surface area contributed by atoms with E-state index in [1.54, 1.807) is 6.33 Å². The molecule has 24 heavy (non-hydrogen) atoms. The van der Waals surface area contributed by atoms with Crippen molar-refractivity contribution in [2.45, 2.75) is 45.2 Å². The molecule has 0 saturated carbocycles. The summed E-state index contributed by atoms with van der Waals surface area (Å²) in [7, 11) is 0. The third kappa shape index (κ3) is 4.81. The number of halogens is 2. The molecule has 2 fully saturated rings. The summed E-state index contributed by atoms with van der Waals surface area (Å²) in [4.78, 5) is 12.3. The van der Waals surface area contributed by atoms with Crippen LogP contribution in [0.3, 0.4) is 0 Å². The molecular formula is C15H28Cl2N6O. The van der Waals surface area contributed by atoms with Gasteiger partial charge in [0.1, 0.15) is 12.2 Å². The van der Waals surface area contributed by atoms with Crippen LogP contribution in [-0.4, -0.2) is 52.9 Å². The van der Waals surface area contributed by atoms with E-state index in [2.05, 4.69) is 33.1 Å². The molecule has 0 bridgehead atoms. The SMILES string of the molecule is CCn1cnnc1CCNC(=O)C1CC2(CCNCC2)CN1.Cl.Cl. The van der Waals surface area contributed by atoms with Crippen LogP contribution in [0.1, 0.15) is 32.0 Å². The van der Waals surface area contributed by atoms with Crippen molar-refractivity contribution in [2.24, 2.45) is 5.41 Å². The average molecular weight is 379 g/mol. The van der Waals surface area contributed by atoms with Crippen LogP contribution in [0.15, 0.2) is 6.33 Å². The molecule has 138 valence electrons. The third-order valence-electron chi connectivity index (χ3n) is 5.03. The summed E-state index contributed by atoms with van der Waals surface area (Å²) in [6.45, 7) is 6.65. The minimum absolute atomic E-state index is 0. The number of aryl methyl sites for hydroxylation is 1. The van der Waals surface area contributed by atoms with Gasteiger partial charge in [0.2, 0.25) is 5.91 Å². The fraction of sp³-hybridized carbons (Fsp3) is 0.800. The predicted octanol–water partition coefficient (Wildman–Crippen LogP) is 0.532. The molecule has 3 rings (SSSR count). The fourth-order valence-electron chi connectivity index (χ4n) is 3.60. The van der Waals surface area contributed by atoms with Gasteiger partial charge in [0, 0.05) is 26.1 Å². The molecular weight excluding hydrogens is 351 g/mol. The summed E-state index contributed by atoms with van der Waals surface area (Å²) in [5.74, 6) is 1.05. The minimum Gasteiger partial charge on any atom is -0.354 e. The molecule has 1 amide bonds. The van der Waals surface area contributed by atoms with Gasteiger partial charge in [-0.2, -0.15) is 0 Å². The summed E-state index contributed by atoms with van der Waals surface area (Å²) in [5.41, 5.74) is 0.329. The van der Waals surface area contributed by atoms with Crippen molar-refractivity contribution in [3.63, 3.8) is 0 Å². The highest BCUT2D eigenvalue weighted by Gasteiger charge is 2.41. The number of hydrogen-bond donors (Lipinski definition) is 3. The van der Waals surface area contributed by atoms with E-state index in [-0.39, 0.29) is 36.8 Å². The number of carbonyl (C=O) groups is 1. The number of hydrogen-bond acceptors (Lipinski definition) is 5. The van der Waals surface area contributed by atoms with Crippen LogP contribution in [0.2, 0.25) is 0 Å². The smallest absolute Gasteiger partial charge is 0.237 e. The Morgan fingerprint density at radius 1 is 1.42 bits per heavy atom. The maximum Gasteiger partial charge on any atom is 0.237 e. The number of piperidine rings is 1. The van der Waals surface area contributed by atoms with Gasteiger partial charge in [0.25, 0.3) is 0 Å². The van der Waals surface area contributed by atoms with Gasteiger partial charge in [0.15, 0.2) is 0 Å². The zero-order valence-corrected chi connectivity index (χ0v) is 15.7. The normalized spacial score (nSPS) is 21.8. The highest BCUT2D eigenvalue weighted by Crippen LogP contribution is 2.37. The van der Waals surface area contributed by atoms with Crippen molar-refractivity contribution >= 4 is 30.7 Å². The van der Waals surface area contributed by atoms with Crippen molar-refractivity contribution in [1.82, 2.24) is 30.7 Å². The summed E-state index contributed by atoms with van der Waals surface area (Å²) in [5, 5.41) is 17.8. The number of nitrogens with zero attached hydrogens (tertiary/aromatic N) is 3. The first-order valence-corrected chi connectivity index (χ1v) is 8.31. The lowest BCUT2D eigenvalue weighted by Gasteiger charge is -2.33. The van der Waals surface area contributed by atoms with E-state index in [1.807, 2.05) is 4.57 Å². The Balaban J connectivity index is 0.00000144. The van der Waals surface area contributed by atoms with Crippen molar-refractivity contribution in [2.75, 3.05) is 26.2 Å². The van der Waals surface area contributed by atoms with Gasteiger partial charge >= 0.3 is 0 Å². The van der Waals surface area contributed by atoms with Crippen LogP contribution in [0.5, 0.6) is 0 Å². The van der Waals surface area contributed by atoms with Crippen molar-refractivity contribution in [1.29, 1.82) is 0 Å². The van der Waals surface area contributed by atoms with Crippen LogP contribution in [-0.2, 0) is 17.8 Å². The fourth-order valence-corrected chi connectivity index (χ4v) is 3.60. The van der Waals surface area contributed by atoms with Gasteiger partial charge in [0.05, 0.1) is 6.04 Å². The standard InChI is InChI=1S/C15H26N6O.2ClH/c1-2-21-11-19-20-13(21)3-6-17-14(22)12-9-15(10-18-12)4-7-16-8-5-15;;/h11-12,16,18H,2-10H2,1H3,(H,17,22);2*1H. The quantitative estimate of drug-likeness (QED) is 0.695. The molecule has 1 atom stereocenters. The highest BCUT2D eigenvalue weighted by molar-refractivity contribution is 5.85. The van der Waals surface area contributed by atoms with Gasteiger partial charge in [-0.1, -0.05) is 0 Å². The van der Waals surface area contributed by atoms with Gasteiger partial charge in [-0.15, -0.1) is 35.0 Å². The zero-order valence-electron chi connectivity index (χ0n) is 14.1. The summed E-state index contributed by atoms with van der Waals surface area (Å²) >= 11 is 0. The molecule has 1 unspecified atom stereocenters. The number of nitrogens with one attached hydrogen (secondary N) is 3. The number of aromatic nitrogens is 3. The maximum atomic E-state index is 12.3. The number of carbonyl (C=O) groups excluding carboxylic acids is 1. The zero-order chi connectivity index (χ0) is 15.4. The predicted molar refractivity (Wildman–Crippen MR) is 97.9 cm³/mol. The van der Waals surface area contributed by atoms with Gasteiger partial charge < -0.3 is 20.5 Å². The molecule has 3 heterocycles. The Hall–Kier alpha value is -0.890. The molecule has 0 aliphatic carbocycles. The summed E-state index contributed by atoms with van der Waals surface area (Å²) < 4.78 is 2.00. The Morgan fingerprint density at radius 3 is 2.88 bits per heavy atom. The van der Waals surface area contributed by atoms with E-state index < -0.39 is 0 Å². The van der Waals surface area contributed by atoms with Crippen LogP contribution < -0.4 is 16.0 Å². The van der Waals surface area contributed by atoms with E-state index in [1.165, 1.54) is 12.8 Å². The van der Waals surface area contributed by atoms with Crippen LogP contribution in [0, 0.1) is 5.41 Å². The van der Waals surface area contributed by atoms with Crippen LogP contribution in [0.4, 0.5) is 0 Å². The Kier molecular flexibility index (Phi) is 8.42. The number of rotatable bonds is 5.